The average Bonchev–Trinajstić information content (AvgIpc) is 2.44. The van der Waals surface area contributed by atoms with E-state index in [1.165, 1.54) is 5.56 Å². The Bertz CT molecular complexity index is 517. The summed E-state index contributed by atoms with van der Waals surface area (Å²) in [6, 6.07) is 12.2. The molecule has 19 heavy (non-hydrogen) atoms. The Kier molecular flexibility index (Phi) is 5.33. The third-order valence-corrected chi connectivity index (χ3v) is 3.14. The van der Waals surface area contributed by atoms with Crippen LogP contribution in [0.15, 0.2) is 41.0 Å². The minimum absolute atomic E-state index is 0.645. The van der Waals surface area contributed by atoms with Crippen LogP contribution in [0.3, 0.4) is 0 Å². The van der Waals surface area contributed by atoms with Crippen LogP contribution in [0.5, 0.6) is 5.88 Å². The molecule has 3 nitrogen and oxygen atoms in total. The number of halogens is 1. The van der Waals surface area contributed by atoms with Crippen LogP contribution < -0.4 is 4.74 Å². The summed E-state index contributed by atoms with van der Waals surface area (Å²) < 4.78 is 6.45. The van der Waals surface area contributed by atoms with Crippen molar-refractivity contribution in [2.45, 2.75) is 26.2 Å². The first kappa shape index (κ1) is 14.0. The van der Waals surface area contributed by atoms with Crippen molar-refractivity contribution in [3.05, 3.63) is 52.4 Å². The number of ether oxygens (including phenoxy) is 1. The van der Waals surface area contributed by atoms with Gasteiger partial charge in [0.05, 0.1) is 6.61 Å². The molecule has 0 spiro atoms. The molecule has 0 saturated carbocycles. The summed E-state index contributed by atoms with van der Waals surface area (Å²) in [5, 5.41) is 0. The Hall–Kier alpha value is -1.42. The molecule has 0 N–H and O–H groups in total. The molecule has 1 aromatic heterocycles. The van der Waals surface area contributed by atoms with Crippen LogP contribution in [0.25, 0.3) is 0 Å². The van der Waals surface area contributed by atoms with E-state index in [4.69, 9.17) is 4.74 Å². The van der Waals surface area contributed by atoms with Crippen LogP contribution in [-0.4, -0.2) is 16.6 Å². The lowest BCUT2D eigenvalue weighted by atomic mass is 10.1. The molecule has 0 unspecified atom stereocenters. The molecule has 0 bridgehead atoms. The van der Waals surface area contributed by atoms with E-state index in [1.54, 1.807) is 0 Å². The SMILES string of the molecule is CCc1nc(Br)cc(OCCCc2ccccc2)n1. The number of aromatic nitrogens is 2. The summed E-state index contributed by atoms with van der Waals surface area (Å²) in [5.74, 6) is 1.44. The second-order valence-electron chi connectivity index (χ2n) is 4.24. The van der Waals surface area contributed by atoms with E-state index in [0.29, 0.717) is 12.5 Å². The molecule has 0 amide bonds. The van der Waals surface area contributed by atoms with Gasteiger partial charge in [-0.2, -0.15) is 4.98 Å². The van der Waals surface area contributed by atoms with E-state index in [9.17, 15) is 0 Å². The van der Waals surface area contributed by atoms with E-state index in [2.05, 4.69) is 50.2 Å². The molecular formula is C15H17BrN2O. The first-order valence-electron chi connectivity index (χ1n) is 6.48. The van der Waals surface area contributed by atoms with Crippen molar-refractivity contribution >= 4 is 15.9 Å². The van der Waals surface area contributed by atoms with Crippen molar-refractivity contribution in [1.29, 1.82) is 0 Å². The van der Waals surface area contributed by atoms with Gasteiger partial charge in [-0.05, 0) is 34.3 Å². The second-order valence-corrected chi connectivity index (χ2v) is 5.05. The number of aryl methyl sites for hydroxylation is 2. The smallest absolute Gasteiger partial charge is 0.217 e. The predicted octanol–water partition coefficient (Wildman–Crippen LogP) is 3.81. The molecule has 2 aromatic rings. The Morgan fingerprint density at radius 2 is 1.95 bits per heavy atom. The number of benzene rings is 1. The zero-order chi connectivity index (χ0) is 13.5. The lowest BCUT2D eigenvalue weighted by Gasteiger charge is -2.07. The lowest BCUT2D eigenvalue weighted by Crippen LogP contribution is -2.03. The molecule has 1 heterocycles. The number of rotatable bonds is 6. The van der Waals surface area contributed by atoms with Gasteiger partial charge in [-0.1, -0.05) is 37.3 Å². The normalized spacial score (nSPS) is 10.4. The Morgan fingerprint density at radius 1 is 1.16 bits per heavy atom. The number of hydrogen-bond acceptors (Lipinski definition) is 3. The fraction of sp³-hybridized carbons (Fsp3) is 0.333. The average molecular weight is 321 g/mol. The van der Waals surface area contributed by atoms with Gasteiger partial charge < -0.3 is 4.74 Å². The Morgan fingerprint density at radius 3 is 2.68 bits per heavy atom. The summed E-state index contributed by atoms with van der Waals surface area (Å²) in [6.45, 7) is 2.70. The summed E-state index contributed by atoms with van der Waals surface area (Å²) in [4.78, 5) is 8.59. The van der Waals surface area contributed by atoms with Crippen molar-refractivity contribution in [2.75, 3.05) is 6.61 Å². The lowest BCUT2D eigenvalue weighted by molar-refractivity contribution is 0.297. The molecule has 0 atom stereocenters. The molecule has 100 valence electrons. The van der Waals surface area contributed by atoms with Crippen molar-refractivity contribution in [1.82, 2.24) is 9.97 Å². The summed E-state index contributed by atoms with van der Waals surface area (Å²) in [5.41, 5.74) is 1.34. The first-order chi connectivity index (χ1) is 9.28. The van der Waals surface area contributed by atoms with Gasteiger partial charge in [0.25, 0.3) is 0 Å². The highest BCUT2D eigenvalue weighted by Crippen LogP contribution is 2.15. The van der Waals surface area contributed by atoms with Crippen LogP contribution in [0.4, 0.5) is 0 Å². The molecule has 0 radical (unpaired) electrons. The van der Waals surface area contributed by atoms with E-state index >= 15 is 0 Å². The fourth-order valence-electron chi connectivity index (χ4n) is 1.77. The highest BCUT2D eigenvalue weighted by Gasteiger charge is 2.02. The van der Waals surface area contributed by atoms with Gasteiger partial charge in [0.2, 0.25) is 5.88 Å². The number of nitrogens with zero attached hydrogens (tertiary/aromatic N) is 2. The number of hydrogen-bond donors (Lipinski definition) is 0. The van der Waals surface area contributed by atoms with Gasteiger partial charge in [-0.15, -0.1) is 0 Å². The van der Waals surface area contributed by atoms with Crippen molar-refractivity contribution < 1.29 is 4.74 Å². The molecule has 2 rings (SSSR count). The van der Waals surface area contributed by atoms with Gasteiger partial charge in [0.15, 0.2) is 0 Å². The van der Waals surface area contributed by atoms with E-state index in [0.717, 1.165) is 29.7 Å². The van der Waals surface area contributed by atoms with E-state index in [1.807, 2.05) is 19.1 Å². The second kappa shape index (κ2) is 7.24. The highest BCUT2D eigenvalue weighted by molar-refractivity contribution is 9.10. The summed E-state index contributed by atoms with van der Waals surface area (Å²) >= 11 is 3.37. The van der Waals surface area contributed by atoms with Crippen LogP contribution in [0.2, 0.25) is 0 Å². The van der Waals surface area contributed by atoms with Gasteiger partial charge in [0, 0.05) is 12.5 Å². The third-order valence-electron chi connectivity index (χ3n) is 2.74. The molecule has 0 aliphatic heterocycles. The van der Waals surface area contributed by atoms with Gasteiger partial charge >= 0.3 is 0 Å². The van der Waals surface area contributed by atoms with E-state index < -0.39 is 0 Å². The monoisotopic (exact) mass is 320 g/mol. The Balaban J connectivity index is 1.81. The Labute approximate surface area is 122 Å². The standard InChI is InChI=1S/C15H17BrN2O/c1-2-14-17-13(16)11-15(18-14)19-10-6-9-12-7-4-3-5-8-12/h3-5,7-8,11H,2,6,9-10H2,1H3. The molecule has 4 heteroatoms. The fourth-order valence-corrected chi connectivity index (χ4v) is 2.17. The van der Waals surface area contributed by atoms with Gasteiger partial charge in [-0.25, -0.2) is 4.98 Å². The summed E-state index contributed by atoms with van der Waals surface area (Å²) in [7, 11) is 0. The summed E-state index contributed by atoms with van der Waals surface area (Å²) in [6.07, 6.45) is 2.81. The van der Waals surface area contributed by atoms with Crippen molar-refractivity contribution in [3.8, 4) is 5.88 Å². The maximum Gasteiger partial charge on any atom is 0.217 e. The topological polar surface area (TPSA) is 35.0 Å². The van der Waals surface area contributed by atoms with Gasteiger partial charge in [-0.3, -0.25) is 0 Å². The van der Waals surface area contributed by atoms with Crippen LogP contribution >= 0.6 is 15.9 Å². The van der Waals surface area contributed by atoms with Crippen molar-refractivity contribution in [2.24, 2.45) is 0 Å². The van der Waals surface area contributed by atoms with Crippen LogP contribution in [0, 0.1) is 0 Å². The minimum atomic E-state index is 0.645. The maximum absolute atomic E-state index is 5.67. The molecule has 0 saturated heterocycles. The zero-order valence-electron chi connectivity index (χ0n) is 11.0. The van der Waals surface area contributed by atoms with Gasteiger partial charge in [0.1, 0.15) is 10.4 Å². The third kappa shape index (κ3) is 4.63. The van der Waals surface area contributed by atoms with Crippen LogP contribution in [-0.2, 0) is 12.8 Å². The van der Waals surface area contributed by atoms with Crippen LogP contribution in [0.1, 0.15) is 24.7 Å². The zero-order valence-corrected chi connectivity index (χ0v) is 12.6. The minimum Gasteiger partial charge on any atom is -0.478 e. The largest absolute Gasteiger partial charge is 0.478 e. The molecule has 0 aliphatic rings. The van der Waals surface area contributed by atoms with Crippen molar-refractivity contribution in [3.63, 3.8) is 0 Å². The molecule has 0 fully saturated rings. The first-order valence-corrected chi connectivity index (χ1v) is 7.27. The predicted molar refractivity (Wildman–Crippen MR) is 79.4 cm³/mol. The quantitative estimate of drug-likeness (QED) is 0.599. The highest BCUT2D eigenvalue weighted by atomic mass is 79.9. The van der Waals surface area contributed by atoms with E-state index in [-0.39, 0.29) is 0 Å². The maximum atomic E-state index is 5.67. The molecular weight excluding hydrogens is 304 g/mol. The molecule has 1 aromatic carbocycles. The molecule has 0 aliphatic carbocycles.